The minimum Gasteiger partial charge on any atom is -0.391 e. The number of likely N-dealkylation sites (N-methyl/N-ethyl adjacent to an activating group) is 1. The summed E-state index contributed by atoms with van der Waals surface area (Å²) in [6.45, 7) is 2.59. The zero-order valence-corrected chi connectivity index (χ0v) is 9.30. The molecule has 0 bridgehead atoms. The van der Waals surface area contributed by atoms with Crippen molar-refractivity contribution >= 4 is 11.6 Å². The van der Waals surface area contributed by atoms with Crippen LogP contribution in [0.4, 0.5) is 0 Å². The molecule has 1 rings (SSSR count). The maximum absolute atomic E-state index is 9.58. The standard InChI is InChI=1S/C11H16ClNO/c1-8-3-4-9(11(12)5-8)6-10(14)7-13-2/h3-5,10,13-14H,6-7H2,1-2H3. The topological polar surface area (TPSA) is 32.3 Å². The van der Waals surface area contributed by atoms with Crippen LogP contribution in [0.5, 0.6) is 0 Å². The van der Waals surface area contributed by atoms with E-state index in [9.17, 15) is 5.11 Å². The highest BCUT2D eigenvalue weighted by atomic mass is 35.5. The summed E-state index contributed by atoms with van der Waals surface area (Å²) in [5.41, 5.74) is 2.14. The number of aryl methyl sites for hydroxylation is 1. The average molecular weight is 214 g/mol. The van der Waals surface area contributed by atoms with Gasteiger partial charge in [0.05, 0.1) is 6.10 Å². The van der Waals surface area contributed by atoms with E-state index < -0.39 is 0 Å². The van der Waals surface area contributed by atoms with Crippen molar-refractivity contribution in [1.29, 1.82) is 0 Å². The smallest absolute Gasteiger partial charge is 0.0705 e. The predicted molar refractivity (Wildman–Crippen MR) is 59.8 cm³/mol. The van der Waals surface area contributed by atoms with Crippen LogP contribution < -0.4 is 5.32 Å². The minimum atomic E-state index is -0.375. The first-order valence-corrected chi connectivity index (χ1v) is 5.09. The highest BCUT2D eigenvalue weighted by Gasteiger charge is 2.07. The van der Waals surface area contributed by atoms with E-state index in [2.05, 4.69) is 5.32 Å². The van der Waals surface area contributed by atoms with Crippen molar-refractivity contribution in [3.8, 4) is 0 Å². The summed E-state index contributed by atoms with van der Waals surface area (Å²) < 4.78 is 0. The van der Waals surface area contributed by atoms with E-state index in [0.717, 1.165) is 16.1 Å². The second-order valence-corrected chi connectivity index (χ2v) is 3.92. The van der Waals surface area contributed by atoms with Gasteiger partial charge >= 0.3 is 0 Å². The van der Waals surface area contributed by atoms with E-state index in [1.807, 2.05) is 32.2 Å². The number of nitrogens with one attached hydrogen (secondary N) is 1. The Bertz CT molecular complexity index is 301. The predicted octanol–water partition coefficient (Wildman–Crippen LogP) is 1.77. The SMILES string of the molecule is CNCC(O)Cc1ccc(C)cc1Cl. The van der Waals surface area contributed by atoms with Crippen molar-refractivity contribution in [1.82, 2.24) is 5.32 Å². The lowest BCUT2D eigenvalue weighted by atomic mass is 10.1. The Balaban J connectivity index is 2.67. The van der Waals surface area contributed by atoms with Crippen LogP contribution in [0.3, 0.4) is 0 Å². The fourth-order valence-corrected chi connectivity index (χ4v) is 1.69. The molecule has 0 amide bonds. The summed E-state index contributed by atoms with van der Waals surface area (Å²) >= 11 is 6.04. The molecule has 0 saturated heterocycles. The second kappa shape index (κ2) is 5.35. The van der Waals surface area contributed by atoms with Crippen LogP contribution >= 0.6 is 11.6 Å². The van der Waals surface area contributed by atoms with E-state index in [4.69, 9.17) is 11.6 Å². The Kier molecular flexibility index (Phi) is 4.39. The number of benzene rings is 1. The molecule has 0 fully saturated rings. The molecule has 1 aromatic carbocycles. The van der Waals surface area contributed by atoms with Crippen LogP contribution in [0.1, 0.15) is 11.1 Å². The molecule has 0 aliphatic carbocycles. The van der Waals surface area contributed by atoms with Crippen LogP contribution in [-0.4, -0.2) is 24.8 Å². The molecule has 0 radical (unpaired) electrons. The Labute approximate surface area is 89.9 Å². The monoisotopic (exact) mass is 213 g/mol. The van der Waals surface area contributed by atoms with Gasteiger partial charge in [-0.2, -0.15) is 0 Å². The normalized spacial score (nSPS) is 12.9. The van der Waals surface area contributed by atoms with Crippen molar-refractivity contribution in [2.24, 2.45) is 0 Å². The first-order valence-electron chi connectivity index (χ1n) is 4.71. The molecule has 0 aromatic heterocycles. The van der Waals surface area contributed by atoms with Gasteiger partial charge < -0.3 is 10.4 Å². The summed E-state index contributed by atoms with van der Waals surface area (Å²) in [6, 6.07) is 5.90. The maximum Gasteiger partial charge on any atom is 0.0705 e. The summed E-state index contributed by atoms with van der Waals surface area (Å²) in [7, 11) is 1.82. The highest BCUT2D eigenvalue weighted by Crippen LogP contribution is 2.18. The Hall–Kier alpha value is -0.570. The molecule has 78 valence electrons. The van der Waals surface area contributed by atoms with Crippen LogP contribution in [-0.2, 0) is 6.42 Å². The van der Waals surface area contributed by atoms with E-state index in [0.29, 0.717) is 13.0 Å². The molecule has 2 nitrogen and oxygen atoms in total. The first kappa shape index (κ1) is 11.5. The molecular formula is C11H16ClNO. The van der Waals surface area contributed by atoms with Gasteiger partial charge in [-0.3, -0.25) is 0 Å². The van der Waals surface area contributed by atoms with Gasteiger partial charge in [0.15, 0.2) is 0 Å². The van der Waals surface area contributed by atoms with Gasteiger partial charge in [0.25, 0.3) is 0 Å². The van der Waals surface area contributed by atoms with Crippen molar-refractivity contribution in [3.63, 3.8) is 0 Å². The molecule has 0 heterocycles. The molecule has 2 N–H and O–H groups in total. The van der Waals surface area contributed by atoms with Gasteiger partial charge in [0.2, 0.25) is 0 Å². The van der Waals surface area contributed by atoms with Gasteiger partial charge in [-0.15, -0.1) is 0 Å². The lowest BCUT2D eigenvalue weighted by Crippen LogP contribution is -2.25. The van der Waals surface area contributed by atoms with E-state index in [1.54, 1.807) is 0 Å². The van der Waals surface area contributed by atoms with Gasteiger partial charge in [-0.05, 0) is 31.2 Å². The van der Waals surface area contributed by atoms with E-state index in [-0.39, 0.29) is 6.10 Å². The number of hydrogen-bond donors (Lipinski definition) is 2. The van der Waals surface area contributed by atoms with E-state index >= 15 is 0 Å². The zero-order chi connectivity index (χ0) is 10.6. The summed E-state index contributed by atoms with van der Waals surface area (Å²) in [5, 5.41) is 13.2. The lowest BCUT2D eigenvalue weighted by Gasteiger charge is -2.11. The molecule has 0 aliphatic rings. The Morgan fingerprint density at radius 2 is 2.21 bits per heavy atom. The fraction of sp³-hybridized carbons (Fsp3) is 0.455. The van der Waals surface area contributed by atoms with Crippen molar-refractivity contribution < 1.29 is 5.11 Å². The first-order chi connectivity index (χ1) is 6.63. The largest absolute Gasteiger partial charge is 0.391 e. The Morgan fingerprint density at radius 3 is 2.79 bits per heavy atom. The molecule has 0 saturated carbocycles. The number of rotatable bonds is 4. The summed E-state index contributed by atoms with van der Waals surface area (Å²) in [6.07, 6.45) is 0.222. The van der Waals surface area contributed by atoms with Crippen LogP contribution in [0, 0.1) is 6.92 Å². The number of hydrogen-bond acceptors (Lipinski definition) is 2. The fourth-order valence-electron chi connectivity index (χ4n) is 1.38. The van der Waals surface area contributed by atoms with Crippen LogP contribution in [0.2, 0.25) is 5.02 Å². The molecule has 1 atom stereocenters. The molecule has 1 unspecified atom stereocenters. The molecule has 0 spiro atoms. The third-order valence-corrected chi connectivity index (χ3v) is 2.46. The molecule has 0 aliphatic heterocycles. The lowest BCUT2D eigenvalue weighted by molar-refractivity contribution is 0.175. The summed E-state index contributed by atoms with van der Waals surface area (Å²) in [5.74, 6) is 0. The third kappa shape index (κ3) is 3.29. The molecular weight excluding hydrogens is 198 g/mol. The summed E-state index contributed by atoms with van der Waals surface area (Å²) in [4.78, 5) is 0. The Morgan fingerprint density at radius 1 is 1.50 bits per heavy atom. The van der Waals surface area contributed by atoms with Crippen molar-refractivity contribution in [2.45, 2.75) is 19.4 Å². The van der Waals surface area contributed by atoms with Crippen LogP contribution in [0.15, 0.2) is 18.2 Å². The van der Waals surface area contributed by atoms with Crippen molar-refractivity contribution in [3.05, 3.63) is 34.3 Å². The number of aliphatic hydroxyl groups excluding tert-OH is 1. The number of aliphatic hydroxyl groups is 1. The highest BCUT2D eigenvalue weighted by molar-refractivity contribution is 6.31. The zero-order valence-electron chi connectivity index (χ0n) is 8.55. The quantitative estimate of drug-likeness (QED) is 0.799. The maximum atomic E-state index is 9.58. The van der Waals surface area contributed by atoms with Gasteiger partial charge in [-0.25, -0.2) is 0 Å². The third-order valence-electron chi connectivity index (χ3n) is 2.10. The van der Waals surface area contributed by atoms with E-state index in [1.165, 1.54) is 0 Å². The average Bonchev–Trinajstić information content (AvgIpc) is 2.10. The second-order valence-electron chi connectivity index (χ2n) is 3.51. The van der Waals surface area contributed by atoms with Gasteiger partial charge in [0.1, 0.15) is 0 Å². The van der Waals surface area contributed by atoms with Gasteiger partial charge in [0, 0.05) is 18.0 Å². The van der Waals surface area contributed by atoms with Gasteiger partial charge in [-0.1, -0.05) is 23.7 Å². The van der Waals surface area contributed by atoms with Crippen LogP contribution in [0.25, 0.3) is 0 Å². The van der Waals surface area contributed by atoms with Crippen molar-refractivity contribution in [2.75, 3.05) is 13.6 Å². The molecule has 14 heavy (non-hydrogen) atoms. The molecule has 3 heteroatoms. The number of halogens is 1. The molecule has 1 aromatic rings. The minimum absolute atomic E-state index is 0.375.